The van der Waals surface area contributed by atoms with Gasteiger partial charge >= 0.3 is 0 Å². The molecule has 0 radical (unpaired) electrons. The molecule has 4 aliphatic heterocycles. The summed E-state index contributed by atoms with van der Waals surface area (Å²) in [4.78, 5) is 0. The van der Waals surface area contributed by atoms with Crippen LogP contribution >= 0.6 is 0 Å². The molecule has 8 N–H and O–H groups in total. The van der Waals surface area contributed by atoms with E-state index in [1.807, 2.05) is 0 Å². The summed E-state index contributed by atoms with van der Waals surface area (Å²) in [7, 11) is 1.31. The Kier molecular flexibility index (Phi) is 11.2. The fourth-order valence-corrected chi connectivity index (χ4v) is 5.74. The van der Waals surface area contributed by atoms with Gasteiger partial charge in [-0.2, -0.15) is 0 Å². The molecule has 0 spiro atoms. The zero-order valence-corrected chi connectivity index (χ0v) is 24.4. The van der Waals surface area contributed by atoms with Gasteiger partial charge in [0.15, 0.2) is 25.2 Å². The van der Waals surface area contributed by atoms with Gasteiger partial charge in [0.2, 0.25) is 0 Å². The molecule has 4 saturated heterocycles. The summed E-state index contributed by atoms with van der Waals surface area (Å²) in [6, 6.07) is 0. The number of ether oxygens (including phenoxy) is 8. The third kappa shape index (κ3) is 6.64. The Hall–Kier alpha value is -0.640. The molecule has 16 nitrogen and oxygen atoms in total. The number of hydrogen-bond donors (Lipinski definition) is 8. The van der Waals surface area contributed by atoms with Gasteiger partial charge in [-0.05, 0) is 27.7 Å². The maximum Gasteiger partial charge on any atom is 0.187 e. The fourth-order valence-electron chi connectivity index (χ4n) is 5.74. The molecule has 0 bridgehead atoms. The molecular weight excluding hydrogens is 568 g/mol. The van der Waals surface area contributed by atoms with Gasteiger partial charge in [0, 0.05) is 13.0 Å². The minimum absolute atomic E-state index is 0.362. The summed E-state index contributed by atoms with van der Waals surface area (Å²) in [5, 5.41) is 84.8. The molecular formula is C26H46O16. The smallest absolute Gasteiger partial charge is 0.187 e. The van der Waals surface area contributed by atoms with E-state index in [-0.39, 0.29) is 5.92 Å². The first-order valence-corrected chi connectivity index (χ1v) is 14.2. The van der Waals surface area contributed by atoms with Gasteiger partial charge < -0.3 is 78.7 Å². The molecule has 0 amide bonds. The van der Waals surface area contributed by atoms with Crippen molar-refractivity contribution in [2.45, 2.75) is 151 Å². The average Bonchev–Trinajstić information content (AvgIpc) is 2.95. The maximum atomic E-state index is 10.9. The zero-order valence-electron chi connectivity index (χ0n) is 24.4. The molecule has 0 aromatic heterocycles. The van der Waals surface area contributed by atoms with E-state index in [2.05, 4.69) is 0 Å². The van der Waals surface area contributed by atoms with Crippen molar-refractivity contribution in [2.24, 2.45) is 5.92 Å². The highest BCUT2D eigenvalue weighted by molar-refractivity contribution is 4.96. The van der Waals surface area contributed by atoms with Crippen LogP contribution in [0.3, 0.4) is 0 Å². The molecule has 4 rings (SSSR count). The van der Waals surface area contributed by atoms with Crippen molar-refractivity contribution < 1.29 is 78.7 Å². The topological polar surface area (TPSA) is 236 Å². The van der Waals surface area contributed by atoms with Crippen molar-refractivity contribution in [1.29, 1.82) is 0 Å². The third-order valence-corrected chi connectivity index (χ3v) is 8.69. The van der Waals surface area contributed by atoms with E-state index in [0.29, 0.717) is 0 Å². The van der Waals surface area contributed by atoms with Crippen LogP contribution in [0.25, 0.3) is 0 Å². The summed E-state index contributed by atoms with van der Waals surface area (Å²) in [6.07, 6.45) is -24.0. The molecule has 42 heavy (non-hydrogen) atoms. The lowest BCUT2D eigenvalue weighted by Gasteiger charge is -2.48. The van der Waals surface area contributed by atoms with Gasteiger partial charge in [0.25, 0.3) is 0 Å². The van der Waals surface area contributed by atoms with Crippen molar-refractivity contribution in [3.05, 3.63) is 0 Å². The Labute approximate surface area is 243 Å². The highest BCUT2D eigenvalue weighted by atomic mass is 16.8. The second-order valence-corrected chi connectivity index (χ2v) is 11.7. The van der Waals surface area contributed by atoms with Crippen LogP contribution in [0, 0.1) is 5.92 Å². The van der Waals surface area contributed by atoms with Gasteiger partial charge in [-0.1, -0.05) is 6.92 Å². The minimum atomic E-state index is -1.69. The molecule has 0 aromatic rings. The summed E-state index contributed by atoms with van der Waals surface area (Å²) >= 11 is 0. The fraction of sp³-hybridized carbons (Fsp3) is 1.00. The molecule has 16 heteroatoms. The van der Waals surface area contributed by atoms with E-state index in [4.69, 9.17) is 37.9 Å². The van der Waals surface area contributed by atoms with Crippen molar-refractivity contribution in [3.63, 3.8) is 0 Å². The predicted molar refractivity (Wildman–Crippen MR) is 136 cm³/mol. The van der Waals surface area contributed by atoms with Crippen LogP contribution in [0.1, 0.15) is 34.6 Å². The number of aliphatic hydroxyl groups is 8. The van der Waals surface area contributed by atoms with Gasteiger partial charge in [0.1, 0.15) is 61.0 Å². The number of aliphatic hydroxyl groups excluding tert-OH is 8. The van der Waals surface area contributed by atoms with Crippen molar-refractivity contribution in [2.75, 3.05) is 7.11 Å². The molecule has 0 saturated carbocycles. The molecule has 4 aliphatic rings. The second-order valence-electron chi connectivity index (χ2n) is 11.7. The summed E-state index contributed by atoms with van der Waals surface area (Å²) in [5.41, 5.74) is 0. The van der Waals surface area contributed by atoms with Gasteiger partial charge in [0.05, 0.1) is 30.5 Å². The Balaban J connectivity index is 1.36. The largest absolute Gasteiger partial charge is 0.390 e. The van der Waals surface area contributed by atoms with Crippen LogP contribution in [0.2, 0.25) is 0 Å². The van der Waals surface area contributed by atoms with E-state index in [1.165, 1.54) is 21.0 Å². The standard InChI is InChI=1S/C26H46O16/c1-7-8(2)36-24(16(31)12(7)27)40-21-10(4)38-26(18(33)14(21)29)42-22-11(5)39-25(19(34)15(22)30)41-20-9(3)37-23(35-6)17(32)13(20)28/h7-34H,1-6H3/t7-,8?,9?,10?,11?,12?,13?,14?,15?,16?,17?,18?,19?,20+,21+,22+,23-,24+,25+,26+/m0/s1. The predicted octanol–water partition coefficient (Wildman–Crippen LogP) is -3.71. The van der Waals surface area contributed by atoms with Gasteiger partial charge in [-0.15, -0.1) is 0 Å². The summed E-state index contributed by atoms with van der Waals surface area (Å²) in [5.74, 6) is -0.362. The zero-order chi connectivity index (χ0) is 31.2. The number of hydrogen-bond acceptors (Lipinski definition) is 16. The summed E-state index contributed by atoms with van der Waals surface area (Å²) < 4.78 is 44.9. The molecule has 4 fully saturated rings. The molecule has 12 unspecified atom stereocenters. The first-order chi connectivity index (χ1) is 19.7. The number of methoxy groups -OCH3 is 1. The van der Waals surface area contributed by atoms with Crippen LogP contribution in [0.5, 0.6) is 0 Å². The van der Waals surface area contributed by atoms with Crippen LogP contribution < -0.4 is 0 Å². The molecule has 0 aliphatic carbocycles. The van der Waals surface area contributed by atoms with Crippen LogP contribution in [0.4, 0.5) is 0 Å². The van der Waals surface area contributed by atoms with Crippen molar-refractivity contribution >= 4 is 0 Å². The van der Waals surface area contributed by atoms with Crippen molar-refractivity contribution in [3.8, 4) is 0 Å². The van der Waals surface area contributed by atoms with Gasteiger partial charge in [-0.25, -0.2) is 0 Å². The third-order valence-electron chi connectivity index (χ3n) is 8.69. The average molecular weight is 615 g/mol. The van der Waals surface area contributed by atoms with Crippen molar-refractivity contribution in [1.82, 2.24) is 0 Å². The Morgan fingerprint density at radius 1 is 0.381 bits per heavy atom. The van der Waals surface area contributed by atoms with E-state index >= 15 is 0 Å². The number of rotatable bonds is 7. The highest BCUT2D eigenvalue weighted by Crippen LogP contribution is 2.34. The molecule has 0 aromatic carbocycles. The Morgan fingerprint density at radius 3 is 1.02 bits per heavy atom. The van der Waals surface area contributed by atoms with E-state index in [0.717, 1.165) is 0 Å². The maximum absolute atomic E-state index is 10.9. The normalized spacial score (nSPS) is 55.9. The SMILES string of the molecule is CO[C@H]1OC(C)[C@@H](O[C@H]2OC(C)[C@@H](O[C@H]3OC(C)[C@@H](O[C@H]4OC(C)[C@H](C)C(O)C4O)C(O)C3O)C(O)C2O)C(O)C1O. The Bertz CT molecular complexity index is 868. The lowest BCUT2D eigenvalue weighted by molar-refractivity contribution is -0.380. The summed E-state index contributed by atoms with van der Waals surface area (Å²) in [6.45, 7) is 8.04. The Morgan fingerprint density at radius 2 is 0.667 bits per heavy atom. The monoisotopic (exact) mass is 614 g/mol. The second kappa shape index (κ2) is 13.8. The molecule has 20 atom stereocenters. The van der Waals surface area contributed by atoms with Crippen LogP contribution in [-0.2, 0) is 37.9 Å². The van der Waals surface area contributed by atoms with E-state index in [1.54, 1.807) is 20.8 Å². The van der Waals surface area contributed by atoms with Gasteiger partial charge in [-0.3, -0.25) is 0 Å². The van der Waals surface area contributed by atoms with E-state index < -0.39 is 117 Å². The van der Waals surface area contributed by atoms with Crippen LogP contribution in [0.15, 0.2) is 0 Å². The lowest BCUT2D eigenvalue weighted by Crippen LogP contribution is -2.65. The van der Waals surface area contributed by atoms with Crippen LogP contribution in [-0.4, -0.2) is 165 Å². The highest BCUT2D eigenvalue weighted by Gasteiger charge is 2.53. The molecule has 246 valence electrons. The first kappa shape index (κ1) is 34.2. The van der Waals surface area contributed by atoms with E-state index in [9.17, 15) is 40.9 Å². The minimum Gasteiger partial charge on any atom is -0.390 e. The first-order valence-electron chi connectivity index (χ1n) is 14.2. The molecule has 4 heterocycles. The quantitative estimate of drug-likeness (QED) is 0.138. The lowest BCUT2D eigenvalue weighted by atomic mass is 9.91.